The van der Waals surface area contributed by atoms with Crippen LogP contribution in [0.15, 0.2) is 36.5 Å². The van der Waals surface area contributed by atoms with E-state index in [4.69, 9.17) is 0 Å². The highest BCUT2D eigenvalue weighted by Gasteiger charge is 2.06. The number of urea groups is 1. The first kappa shape index (κ1) is 17.0. The smallest absolute Gasteiger partial charge is 0.320 e. The molecule has 0 bridgehead atoms. The van der Waals surface area contributed by atoms with E-state index < -0.39 is 0 Å². The number of aromatic nitrogens is 2. The molecule has 0 saturated heterocycles. The Balaban J connectivity index is 1.83. The lowest BCUT2D eigenvalue weighted by Crippen LogP contribution is -2.28. The fourth-order valence-corrected chi connectivity index (χ4v) is 2.08. The summed E-state index contributed by atoms with van der Waals surface area (Å²) in [6, 6.07) is 8.88. The number of aliphatic hydroxyl groups excluding tert-OH is 1. The van der Waals surface area contributed by atoms with Crippen LogP contribution in [-0.2, 0) is 19.7 Å². The molecule has 0 atom stereocenters. The molecule has 2 rings (SSSR count). The minimum Gasteiger partial charge on any atom is -0.392 e. The minimum atomic E-state index is -0.324. The Labute approximate surface area is 135 Å². The topological polar surface area (TPSA) is 82.4 Å². The molecular formula is C16H23N5O2. The Hall–Kier alpha value is -2.38. The standard InChI is InChI=1S/C16H23N5O2/c1-20(2)9-10-21-8-7-15(19-21)18-16(23)17-11-13-5-3-4-6-14(13)12-22/h3-8,22H,9-12H2,1-2H3,(H2,17,18,19,23). The van der Waals surface area contributed by atoms with Crippen molar-refractivity contribution < 1.29 is 9.90 Å². The van der Waals surface area contributed by atoms with Crippen LogP contribution in [0.4, 0.5) is 10.6 Å². The average Bonchev–Trinajstić information content (AvgIpc) is 2.98. The molecule has 1 aromatic heterocycles. The first-order valence-corrected chi connectivity index (χ1v) is 7.49. The Morgan fingerprint density at radius 1 is 1.26 bits per heavy atom. The summed E-state index contributed by atoms with van der Waals surface area (Å²) in [5.74, 6) is 0.511. The number of carbonyl (C=O) groups is 1. The van der Waals surface area contributed by atoms with Gasteiger partial charge in [0, 0.05) is 25.4 Å². The summed E-state index contributed by atoms with van der Waals surface area (Å²) in [5, 5.41) is 19.0. The molecule has 0 radical (unpaired) electrons. The minimum absolute atomic E-state index is 0.0459. The summed E-state index contributed by atoms with van der Waals surface area (Å²) in [7, 11) is 4.00. The number of carbonyl (C=O) groups excluding carboxylic acids is 1. The van der Waals surface area contributed by atoms with E-state index in [-0.39, 0.29) is 12.6 Å². The number of nitrogens with one attached hydrogen (secondary N) is 2. The molecule has 23 heavy (non-hydrogen) atoms. The summed E-state index contributed by atoms with van der Waals surface area (Å²) >= 11 is 0. The predicted molar refractivity (Wildman–Crippen MR) is 89.0 cm³/mol. The largest absolute Gasteiger partial charge is 0.392 e. The van der Waals surface area contributed by atoms with Crippen LogP contribution < -0.4 is 10.6 Å². The molecule has 0 fully saturated rings. The van der Waals surface area contributed by atoms with Gasteiger partial charge in [0.2, 0.25) is 0 Å². The highest BCUT2D eigenvalue weighted by Crippen LogP contribution is 2.08. The zero-order valence-electron chi connectivity index (χ0n) is 13.5. The summed E-state index contributed by atoms with van der Waals surface area (Å²) in [6.45, 7) is 1.95. The fourth-order valence-electron chi connectivity index (χ4n) is 2.08. The first-order valence-electron chi connectivity index (χ1n) is 7.49. The Morgan fingerprint density at radius 2 is 2.00 bits per heavy atom. The molecule has 7 nitrogen and oxygen atoms in total. The zero-order chi connectivity index (χ0) is 16.7. The number of amides is 2. The lowest BCUT2D eigenvalue weighted by Gasteiger charge is -2.10. The van der Waals surface area contributed by atoms with Crippen LogP contribution in [0.1, 0.15) is 11.1 Å². The second kappa shape index (κ2) is 8.30. The molecule has 0 unspecified atom stereocenters. The van der Waals surface area contributed by atoms with E-state index in [1.54, 1.807) is 10.7 Å². The number of nitrogens with zero attached hydrogens (tertiary/aromatic N) is 3. The molecular weight excluding hydrogens is 294 g/mol. The van der Waals surface area contributed by atoms with E-state index >= 15 is 0 Å². The first-order chi connectivity index (χ1) is 11.1. The normalized spacial score (nSPS) is 10.8. The molecule has 7 heteroatoms. The van der Waals surface area contributed by atoms with Crippen molar-refractivity contribution in [3.63, 3.8) is 0 Å². The van der Waals surface area contributed by atoms with Crippen molar-refractivity contribution in [2.45, 2.75) is 19.7 Å². The highest BCUT2D eigenvalue weighted by molar-refractivity contribution is 5.88. The van der Waals surface area contributed by atoms with E-state index in [9.17, 15) is 9.90 Å². The van der Waals surface area contributed by atoms with Crippen molar-refractivity contribution in [1.29, 1.82) is 0 Å². The van der Waals surface area contributed by atoms with E-state index in [1.807, 2.05) is 44.6 Å². The van der Waals surface area contributed by atoms with Gasteiger partial charge in [0.05, 0.1) is 13.2 Å². The molecule has 2 amide bonds. The van der Waals surface area contributed by atoms with Crippen molar-refractivity contribution in [2.75, 3.05) is 26.0 Å². The van der Waals surface area contributed by atoms with Crippen molar-refractivity contribution in [1.82, 2.24) is 20.0 Å². The Bertz CT molecular complexity index is 639. The molecule has 124 valence electrons. The Morgan fingerprint density at radius 3 is 2.70 bits per heavy atom. The van der Waals surface area contributed by atoms with Crippen molar-refractivity contribution in [2.24, 2.45) is 0 Å². The average molecular weight is 317 g/mol. The number of likely N-dealkylation sites (N-methyl/N-ethyl adjacent to an activating group) is 1. The van der Waals surface area contributed by atoms with Gasteiger partial charge in [0.15, 0.2) is 5.82 Å². The van der Waals surface area contributed by atoms with Crippen LogP contribution >= 0.6 is 0 Å². The number of rotatable bonds is 7. The third-order valence-corrected chi connectivity index (χ3v) is 3.39. The van der Waals surface area contributed by atoms with Crippen LogP contribution in [-0.4, -0.2) is 46.5 Å². The van der Waals surface area contributed by atoms with Crippen LogP contribution in [0.5, 0.6) is 0 Å². The number of hydrogen-bond acceptors (Lipinski definition) is 4. The van der Waals surface area contributed by atoms with E-state index in [1.165, 1.54) is 0 Å². The van der Waals surface area contributed by atoms with Gasteiger partial charge in [-0.3, -0.25) is 10.00 Å². The van der Waals surface area contributed by atoms with Crippen molar-refractivity contribution in [3.8, 4) is 0 Å². The maximum Gasteiger partial charge on any atom is 0.320 e. The quantitative estimate of drug-likeness (QED) is 0.718. The lowest BCUT2D eigenvalue weighted by atomic mass is 10.1. The second-order valence-corrected chi connectivity index (χ2v) is 5.50. The van der Waals surface area contributed by atoms with Crippen LogP contribution in [0, 0.1) is 0 Å². The molecule has 3 N–H and O–H groups in total. The Kier molecular flexibility index (Phi) is 6.13. The molecule has 0 aliphatic heterocycles. The highest BCUT2D eigenvalue weighted by atomic mass is 16.3. The van der Waals surface area contributed by atoms with E-state index in [2.05, 4.69) is 20.6 Å². The molecule has 1 heterocycles. The number of anilines is 1. The molecule has 1 aromatic carbocycles. The van der Waals surface area contributed by atoms with Crippen LogP contribution in [0.2, 0.25) is 0 Å². The molecule has 0 spiro atoms. The van der Waals surface area contributed by atoms with Gasteiger partial charge in [-0.1, -0.05) is 24.3 Å². The third-order valence-electron chi connectivity index (χ3n) is 3.39. The van der Waals surface area contributed by atoms with Gasteiger partial charge in [-0.25, -0.2) is 4.79 Å². The molecule has 0 aliphatic rings. The van der Waals surface area contributed by atoms with Crippen LogP contribution in [0.25, 0.3) is 0 Å². The van der Waals surface area contributed by atoms with Gasteiger partial charge in [-0.05, 0) is 25.2 Å². The van der Waals surface area contributed by atoms with E-state index in [0.717, 1.165) is 24.2 Å². The number of aliphatic hydroxyl groups is 1. The van der Waals surface area contributed by atoms with Gasteiger partial charge in [0.25, 0.3) is 0 Å². The number of hydrogen-bond donors (Lipinski definition) is 3. The van der Waals surface area contributed by atoms with Crippen molar-refractivity contribution in [3.05, 3.63) is 47.7 Å². The van der Waals surface area contributed by atoms with Gasteiger partial charge < -0.3 is 15.3 Å². The maximum absolute atomic E-state index is 11.9. The molecule has 0 saturated carbocycles. The van der Waals surface area contributed by atoms with Crippen LogP contribution in [0.3, 0.4) is 0 Å². The van der Waals surface area contributed by atoms with Crippen molar-refractivity contribution >= 4 is 11.8 Å². The fraction of sp³-hybridized carbons (Fsp3) is 0.375. The second-order valence-electron chi connectivity index (χ2n) is 5.50. The molecule has 0 aliphatic carbocycles. The van der Waals surface area contributed by atoms with E-state index in [0.29, 0.717) is 12.4 Å². The van der Waals surface area contributed by atoms with Gasteiger partial charge >= 0.3 is 6.03 Å². The van der Waals surface area contributed by atoms with Gasteiger partial charge in [0.1, 0.15) is 0 Å². The predicted octanol–water partition coefficient (Wildman–Crippen LogP) is 1.26. The zero-order valence-corrected chi connectivity index (χ0v) is 13.5. The summed E-state index contributed by atoms with van der Waals surface area (Å²) < 4.78 is 1.79. The van der Waals surface area contributed by atoms with Gasteiger partial charge in [-0.15, -0.1) is 0 Å². The summed E-state index contributed by atoms with van der Waals surface area (Å²) in [6.07, 6.45) is 1.83. The monoisotopic (exact) mass is 317 g/mol. The van der Waals surface area contributed by atoms with Gasteiger partial charge in [-0.2, -0.15) is 5.10 Å². The third kappa shape index (κ3) is 5.39. The summed E-state index contributed by atoms with van der Waals surface area (Å²) in [5.41, 5.74) is 1.70. The maximum atomic E-state index is 11.9. The molecule has 2 aromatic rings. The number of benzene rings is 1. The summed E-state index contributed by atoms with van der Waals surface area (Å²) in [4.78, 5) is 14.0. The SMILES string of the molecule is CN(C)CCn1ccc(NC(=O)NCc2ccccc2CO)n1. The lowest BCUT2D eigenvalue weighted by molar-refractivity contribution is 0.251.